The molecule has 0 bridgehead atoms. The number of nitrogens with zero attached hydrogens (tertiary/aromatic N) is 1. The van der Waals surface area contributed by atoms with E-state index in [0.29, 0.717) is 12.5 Å². The first-order valence-electron chi connectivity index (χ1n) is 6.12. The van der Waals surface area contributed by atoms with Crippen molar-refractivity contribution >= 4 is 0 Å². The first-order valence-corrected chi connectivity index (χ1v) is 6.12. The molecule has 0 radical (unpaired) electrons. The largest absolute Gasteiger partial charge is 0.381 e. The van der Waals surface area contributed by atoms with Crippen molar-refractivity contribution in [1.82, 2.24) is 4.98 Å². The Bertz CT molecular complexity index is 323. The highest BCUT2D eigenvalue weighted by Crippen LogP contribution is 2.22. The van der Waals surface area contributed by atoms with Crippen LogP contribution in [0.25, 0.3) is 0 Å². The number of nitrogens with two attached hydrogens (primary N) is 1. The summed E-state index contributed by atoms with van der Waals surface area (Å²) in [6.45, 7) is 4.33. The van der Waals surface area contributed by atoms with Crippen LogP contribution in [0.4, 0.5) is 0 Å². The van der Waals surface area contributed by atoms with Crippen LogP contribution < -0.4 is 5.73 Å². The molecule has 1 aromatic rings. The third-order valence-corrected chi connectivity index (χ3v) is 3.03. The molecule has 1 aliphatic rings. The first-order chi connectivity index (χ1) is 8.27. The number of pyridine rings is 1. The lowest BCUT2D eigenvalue weighted by atomic mass is 10.1. The molecule has 0 spiro atoms. The van der Waals surface area contributed by atoms with Crippen molar-refractivity contribution in [2.24, 2.45) is 11.7 Å². The summed E-state index contributed by atoms with van der Waals surface area (Å²) >= 11 is 0. The maximum atomic E-state index is 5.97. The molecule has 1 aromatic heterocycles. The fraction of sp³-hybridized carbons (Fsp3) is 0.615. The first kappa shape index (κ1) is 12.5. The third kappa shape index (κ3) is 3.49. The summed E-state index contributed by atoms with van der Waals surface area (Å²) in [6, 6.07) is 3.88. The predicted octanol–water partition coefficient (Wildman–Crippen LogP) is 1.52. The van der Waals surface area contributed by atoms with Crippen LogP contribution >= 0.6 is 0 Å². The van der Waals surface area contributed by atoms with E-state index in [4.69, 9.17) is 15.2 Å². The summed E-state index contributed by atoms with van der Waals surface area (Å²) < 4.78 is 11.3. The molecule has 0 aliphatic carbocycles. The van der Waals surface area contributed by atoms with E-state index in [0.717, 1.165) is 25.2 Å². The molecule has 2 heterocycles. The molecule has 0 saturated carbocycles. The van der Waals surface area contributed by atoms with Crippen molar-refractivity contribution < 1.29 is 9.47 Å². The van der Waals surface area contributed by atoms with Crippen LogP contribution in [-0.4, -0.2) is 30.8 Å². The molecular formula is C13H20N2O2. The number of aromatic nitrogens is 1. The van der Waals surface area contributed by atoms with Crippen LogP contribution in [0, 0.1) is 5.92 Å². The molecule has 94 valence electrons. The van der Waals surface area contributed by atoms with E-state index in [-0.39, 0.29) is 12.1 Å². The molecule has 2 N–H and O–H groups in total. The van der Waals surface area contributed by atoms with E-state index in [1.54, 1.807) is 6.20 Å². The van der Waals surface area contributed by atoms with Gasteiger partial charge in [0.15, 0.2) is 0 Å². The topological polar surface area (TPSA) is 57.4 Å². The Morgan fingerprint density at radius 1 is 1.65 bits per heavy atom. The average molecular weight is 236 g/mol. The Labute approximate surface area is 102 Å². The SMILES string of the molecule is CC(N)C(OCC1CCOC1)c1cccnc1. The number of rotatable bonds is 5. The Hall–Kier alpha value is -0.970. The average Bonchev–Trinajstić information content (AvgIpc) is 2.83. The van der Waals surface area contributed by atoms with Gasteiger partial charge in [0, 0.05) is 36.5 Å². The molecule has 1 saturated heterocycles. The summed E-state index contributed by atoms with van der Waals surface area (Å²) in [6.07, 6.45) is 4.58. The van der Waals surface area contributed by atoms with Crippen LogP contribution in [0.15, 0.2) is 24.5 Å². The molecule has 1 aliphatic heterocycles. The summed E-state index contributed by atoms with van der Waals surface area (Å²) in [5.41, 5.74) is 7.01. The maximum Gasteiger partial charge on any atom is 0.0987 e. The highest BCUT2D eigenvalue weighted by atomic mass is 16.5. The second-order valence-corrected chi connectivity index (χ2v) is 4.63. The number of hydrogen-bond acceptors (Lipinski definition) is 4. The smallest absolute Gasteiger partial charge is 0.0987 e. The third-order valence-electron chi connectivity index (χ3n) is 3.03. The van der Waals surface area contributed by atoms with E-state index in [1.165, 1.54) is 0 Å². The lowest BCUT2D eigenvalue weighted by Crippen LogP contribution is -2.28. The zero-order valence-electron chi connectivity index (χ0n) is 10.2. The van der Waals surface area contributed by atoms with Gasteiger partial charge in [0.25, 0.3) is 0 Å². The summed E-state index contributed by atoms with van der Waals surface area (Å²) in [4.78, 5) is 4.11. The zero-order chi connectivity index (χ0) is 12.1. The molecule has 4 heteroatoms. The van der Waals surface area contributed by atoms with Gasteiger partial charge in [0.1, 0.15) is 0 Å². The van der Waals surface area contributed by atoms with Gasteiger partial charge < -0.3 is 15.2 Å². The molecular weight excluding hydrogens is 216 g/mol. The van der Waals surface area contributed by atoms with E-state index in [1.807, 2.05) is 25.3 Å². The van der Waals surface area contributed by atoms with Crippen molar-refractivity contribution in [1.29, 1.82) is 0 Å². The maximum absolute atomic E-state index is 5.97. The Morgan fingerprint density at radius 3 is 3.12 bits per heavy atom. The Kier molecular flexibility index (Phi) is 4.48. The van der Waals surface area contributed by atoms with Crippen LogP contribution in [0.5, 0.6) is 0 Å². The van der Waals surface area contributed by atoms with Gasteiger partial charge in [0.2, 0.25) is 0 Å². The molecule has 0 aromatic carbocycles. The lowest BCUT2D eigenvalue weighted by Gasteiger charge is -2.23. The van der Waals surface area contributed by atoms with Crippen molar-refractivity contribution in [3.63, 3.8) is 0 Å². The van der Waals surface area contributed by atoms with Crippen LogP contribution in [0.1, 0.15) is 25.0 Å². The molecule has 1 fully saturated rings. The Balaban J connectivity index is 1.93. The summed E-state index contributed by atoms with van der Waals surface area (Å²) in [5.74, 6) is 0.507. The van der Waals surface area contributed by atoms with Crippen LogP contribution in [-0.2, 0) is 9.47 Å². The van der Waals surface area contributed by atoms with Gasteiger partial charge in [-0.2, -0.15) is 0 Å². The van der Waals surface area contributed by atoms with Gasteiger partial charge >= 0.3 is 0 Å². The van der Waals surface area contributed by atoms with Crippen LogP contribution in [0.3, 0.4) is 0 Å². The minimum Gasteiger partial charge on any atom is -0.381 e. The summed E-state index contributed by atoms with van der Waals surface area (Å²) in [5, 5.41) is 0. The fourth-order valence-corrected chi connectivity index (χ4v) is 2.05. The van der Waals surface area contributed by atoms with Crippen molar-refractivity contribution in [3.05, 3.63) is 30.1 Å². The van der Waals surface area contributed by atoms with Gasteiger partial charge in [-0.05, 0) is 19.4 Å². The van der Waals surface area contributed by atoms with E-state index in [9.17, 15) is 0 Å². The van der Waals surface area contributed by atoms with E-state index >= 15 is 0 Å². The molecule has 3 atom stereocenters. The van der Waals surface area contributed by atoms with Crippen molar-refractivity contribution in [2.75, 3.05) is 19.8 Å². The molecule has 2 rings (SSSR count). The van der Waals surface area contributed by atoms with E-state index in [2.05, 4.69) is 4.98 Å². The second-order valence-electron chi connectivity index (χ2n) is 4.63. The normalized spacial score (nSPS) is 23.5. The van der Waals surface area contributed by atoms with Gasteiger partial charge in [-0.15, -0.1) is 0 Å². The van der Waals surface area contributed by atoms with E-state index < -0.39 is 0 Å². The van der Waals surface area contributed by atoms with Crippen molar-refractivity contribution in [2.45, 2.75) is 25.5 Å². The van der Waals surface area contributed by atoms with Crippen LogP contribution in [0.2, 0.25) is 0 Å². The minimum absolute atomic E-state index is 0.0403. The van der Waals surface area contributed by atoms with Gasteiger partial charge in [0.05, 0.1) is 19.3 Å². The lowest BCUT2D eigenvalue weighted by molar-refractivity contribution is 0.0132. The fourth-order valence-electron chi connectivity index (χ4n) is 2.05. The molecule has 4 nitrogen and oxygen atoms in total. The number of hydrogen-bond donors (Lipinski definition) is 1. The van der Waals surface area contributed by atoms with Gasteiger partial charge in [-0.3, -0.25) is 4.98 Å². The standard InChI is InChI=1S/C13H20N2O2/c1-10(14)13(12-3-2-5-15-7-12)17-9-11-4-6-16-8-11/h2-3,5,7,10-11,13H,4,6,8-9,14H2,1H3. The number of ether oxygens (including phenoxy) is 2. The predicted molar refractivity (Wildman–Crippen MR) is 65.5 cm³/mol. The highest BCUT2D eigenvalue weighted by Gasteiger charge is 2.21. The summed E-state index contributed by atoms with van der Waals surface area (Å²) in [7, 11) is 0. The quantitative estimate of drug-likeness (QED) is 0.842. The minimum atomic E-state index is -0.0794. The Morgan fingerprint density at radius 2 is 2.53 bits per heavy atom. The molecule has 3 unspecified atom stereocenters. The highest BCUT2D eigenvalue weighted by molar-refractivity contribution is 5.13. The molecule has 0 amide bonds. The second kappa shape index (κ2) is 6.10. The molecule has 17 heavy (non-hydrogen) atoms. The van der Waals surface area contributed by atoms with Gasteiger partial charge in [-0.1, -0.05) is 6.07 Å². The van der Waals surface area contributed by atoms with Crippen molar-refractivity contribution in [3.8, 4) is 0 Å². The zero-order valence-corrected chi connectivity index (χ0v) is 10.2. The van der Waals surface area contributed by atoms with Gasteiger partial charge in [-0.25, -0.2) is 0 Å². The monoisotopic (exact) mass is 236 g/mol.